The van der Waals surface area contributed by atoms with Gasteiger partial charge < -0.3 is 15.7 Å². The van der Waals surface area contributed by atoms with Crippen molar-refractivity contribution in [1.82, 2.24) is 5.32 Å². The Bertz CT molecular complexity index is 1020. The minimum atomic E-state index is -1.01. The molecule has 1 atom stereocenters. The van der Waals surface area contributed by atoms with E-state index in [1.54, 1.807) is 6.92 Å². The molecule has 2 aromatic rings. The van der Waals surface area contributed by atoms with Gasteiger partial charge in [-0.3, -0.25) is 9.59 Å². The number of carbonyl (C=O) groups excluding carboxylic acids is 2. The molecule has 1 heterocycles. The Morgan fingerprint density at radius 1 is 1.13 bits per heavy atom. The molecule has 1 fully saturated rings. The molecular formula is C26H30N2O3. The summed E-state index contributed by atoms with van der Waals surface area (Å²) in [7, 11) is 0. The van der Waals surface area contributed by atoms with Crippen LogP contribution in [-0.2, 0) is 16.0 Å². The predicted molar refractivity (Wildman–Crippen MR) is 122 cm³/mol. The van der Waals surface area contributed by atoms with Crippen LogP contribution >= 0.6 is 0 Å². The van der Waals surface area contributed by atoms with Crippen LogP contribution in [0.25, 0.3) is 0 Å². The van der Waals surface area contributed by atoms with E-state index in [4.69, 9.17) is 0 Å². The Balaban J connectivity index is 1.48. The van der Waals surface area contributed by atoms with E-state index in [1.807, 2.05) is 43.3 Å². The number of carbonyl (C=O) groups is 2. The molecule has 0 aromatic heterocycles. The van der Waals surface area contributed by atoms with E-state index in [1.165, 1.54) is 37.7 Å². The van der Waals surface area contributed by atoms with Crippen molar-refractivity contribution in [3.05, 3.63) is 76.6 Å². The van der Waals surface area contributed by atoms with Crippen LogP contribution in [0.4, 0.5) is 5.69 Å². The third kappa shape index (κ3) is 4.50. The normalized spacial score (nSPS) is 21.8. The van der Waals surface area contributed by atoms with Crippen molar-refractivity contribution in [2.75, 3.05) is 5.32 Å². The summed E-state index contributed by atoms with van der Waals surface area (Å²) in [6, 6.07) is 15.7. The Hall–Kier alpha value is -3.08. The first kappa shape index (κ1) is 21.2. The standard InChI is InChI=1S/C26H30N2O3/c1-17-7-6-8-18(15-17)16-26(2)23(29)22(25(31)28-26)24(30)27-21-13-11-20(12-14-21)19-9-4-3-5-10-19/h6-8,11-15,19,29H,3-5,9-10,16H2,1-2H3,(H,27,30)(H,28,31). The maximum absolute atomic E-state index is 12.8. The number of aryl methyl sites for hydroxylation is 1. The van der Waals surface area contributed by atoms with Crippen LogP contribution in [0.3, 0.4) is 0 Å². The molecular weight excluding hydrogens is 388 g/mol. The van der Waals surface area contributed by atoms with Crippen LogP contribution in [0.15, 0.2) is 59.9 Å². The van der Waals surface area contributed by atoms with Gasteiger partial charge in [0.05, 0.1) is 5.54 Å². The molecule has 1 saturated carbocycles. The first-order valence-corrected chi connectivity index (χ1v) is 11.1. The van der Waals surface area contributed by atoms with E-state index >= 15 is 0 Å². The lowest BCUT2D eigenvalue weighted by Crippen LogP contribution is -2.43. The number of hydrogen-bond donors (Lipinski definition) is 3. The van der Waals surface area contributed by atoms with Gasteiger partial charge in [0.25, 0.3) is 11.8 Å². The lowest BCUT2D eigenvalue weighted by molar-refractivity contribution is -0.121. The second kappa shape index (κ2) is 8.58. The van der Waals surface area contributed by atoms with E-state index < -0.39 is 17.4 Å². The zero-order valence-electron chi connectivity index (χ0n) is 18.2. The molecule has 162 valence electrons. The van der Waals surface area contributed by atoms with Gasteiger partial charge in [0, 0.05) is 12.1 Å². The number of aliphatic hydroxyl groups excluding tert-OH is 1. The summed E-state index contributed by atoms with van der Waals surface area (Å²) in [4.78, 5) is 25.4. The van der Waals surface area contributed by atoms with Gasteiger partial charge in [-0.1, -0.05) is 61.2 Å². The maximum atomic E-state index is 12.8. The molecule has 2 aromatic carbocycles. The zero-order valence-corrected chi connectivity index (χ0v) is 18.2. The van der Waals surface area contributed by atoms with Crippen molar-refractivity contribution >= 4 is 17.5 Å². The second-order valence-corrected chi connectivity index (χ2v) is 9.09. The summed E-state index contributed by atoms with van der Waals surface area (Å²) in [5.74, 6) is -0.763. The van der Waals surface area contributed by atoms with Gasteiger partial charge in [0.2, 0.25) is 0 Å². The molecule has 0 radical (unpaired) electrons. The molecule has 0 bridgehead atoms. The van der Waals surface area contributed by atoms with Gasteiger partial charge in [-0.15, -0.1) is 0 Å². The monoisotopic (exact) mass is 418 g/mol. The van der Waals surface area contributed by atoms with E-state index in [0.29, 0.717) is 18.0 Å². The Morgan fingerprint density at radius 2 is 1.84 bits per heavy atom. The van der Waals surface area contributed by atoms with Crippen molar-refractivity contribution in [3.63, 3.8) is 0 Å². The van der Waals surface area contributed by atoms with Gasteiger partial charge in [-0.2, -0.15) is 0 Å². The van der Waals surface area contributed by atoms with E-state index in [9.17, 15) is 14.7 Å². The van der Waals surface area contributed by atoms with Gasteiger partial charge in [-0.25, -0.2) is 0 Å². The molecule has 4 rings (SSSR count). The topological polar surface area (TPSA) is 78.4 Å². The molecule has 0 saturated heterocycles. The first-order chi connectivity index (χ1) is 14.9. The fourth-order valence-corrected chi connectivity index (χ4v) is 4.79. The minimum Gasteiger partial charge on any atom is -0.509 e. The second-order valence-electron chi connectivity index (χ2n) is 9.09. The number of anilines is 1. The Morgan fingerprint density at radius 3 is 2.52 bits per heavy atom. The van der Waals surface area contributed by atoms with Crippen LogP contribution < -0.4 is 10.6 Å². The van der Waals surface area contributed by atoms with E-state index in [-0.39, 0.29) is 11.3 Å². The molecule has 1 aliphatic carbocycles. The molecule has 0 spiro atoms. The molecule has 1 aliphatic heterocycles. The first-order valence-electron chi connectivity index (χ1n) is 11.1. The molecule has 3 N–H and O–H groups in total. The van der Waals surface area contributed by atoms with Gasteiger partial charge >= 0.3 is 0 Å². The molecule has 5 heteroatoms. The minimum absolute atomic E-state index is 0.213. The van der Waals surface area contributed by atoms with Crippen molar-refractivity contribution in [3.8, 4) is 0 Å². The summed E-state index contributed by atoms with van der Waals surface area (Å²) >= 11 is 0. The molecule has 2 amide bonds. The van der Waals surface area contributed by atoms with Crippen molar-refractivity contribution < 1.29 is 14.7 Å². The molecule has 5 nitrogen and oxygen atoms in total. The summed E-state index contributed by atoms with van der Waals surface area (Å²) in [6.07, 6.45) is 6.69. The number of rotatable bonds is 5. The lowest BCUT2D eigenvalue weighted by Gasteiger charge is -2.25. The van der Waals surface area contributed by atoms with Crippen LogP contribution in [0.5, 0.6) is 0 Å². The average Bonchev–Trinajstić information content (AvgIpc) is 2.97. The largest absolute Gasteiger partial charge is 0.509 e. The van der Waals surface area contributed by atoms with Crippen LogP contribution in [-0.4, -0.2) is 22.5 Å². The quantitative estimate of drug-likeness (QED) is 0.603. The van der Waals surface area contributed by atoms with Crippen LogP contribution in [0.2, 0.25) is 0 Å². The Kier molecular flexibility index (Phi) is 5.86. The molecule has 2 aliphatic rings. The molecule has 1 unspecified atom stereocenters. The number of amides is 2. The summed E-state index contributed by atoms with van der Waals surface area (Å²) in [6.45, 7) is 3.73. The predicted octanol–water partition coefficient (Wildman–Crippen LogP) is 4.92. The van der Waals surface area contributed by atoms with Gasteiger partial charge in [0.1, 0.15) is 11.3 Å². The highest BCUT2D eigenvalue weighted by molar-refractivity contribution is 6.24. The van der Waals surface area contributed by atoms with E-state index in [2.05, 4.69) is 22.8 Å². The van der Waals surface area contributed by atoms with Gasteiger partial charge in [-0.05, 0) is 55.9 Å². The summed E-state index contributed by atoms with van der Waals surface area (Å²) in [5.41, 5.74) is 2.76. The number of benzene rings is 2. The third-order valence-electron chi connectivity index (χ3n) is 6.49. The SMILES string of the molecule is Cc1cccc(CC2(C)NC(=O)C(C(=O)Nc3ccc(C4CCCCC4)cc3)=C2O)c1. The zero-order chi connectivity index (χ0) is 22.0. The fraction of sp³-hybridized carbons (Fsp3) is 0.385. The number of hydrogen-bond acceptors (Lipinski definition) is 3. The van der Waals surface area contributed by atoms with Crippen molar-refractivity contribution in [2.45, 2.75) is 63.8 Å². The van der Waals surface area contributed by atoms with Crippen molar-refractivity contribution in [1.29, 1.82) is 0 Å². The highest BCUT2D eigenvalue weighted by Gasteiger charge is 2.44. The summed E-state index contributed by atoms with van der Waals surface area (Å²) in [5, 5.41) is 16.4. The summed E-state index contributed by atoms with van der Waals surface area (Å²) < 4.78 is 0. The lowest BCUT2D eigenvalue weighted by atomic mass is 9.84. The average molecular weight is 419 g/mol. The number of aliphatic hydroxyl groups is 1. The van der Waals surface area contributed by atoms with Gasteiger partial charge in [0.15, 0.2) is 0 Å². The smallest absolute Gasteiger partial charge is 0.264 e. The Labute approximate surface area is 183 Å². The van der Waals surface area contributed by atoms with Crippen LogP contribution in [0, 0.1) is 6.92 Å². The van der Waals surface area contributed by atoms with Crippen molar-refractivity contribution in [2.24, 2.45) is 0 Å². The fourth-order valence-electron chi connectivity index (χ4n) is 4.79. The molecule has 31 heavy (non-hydrogen) atoms. The van der Waals surface area contributed by atoms with E-state index in [0.717, 1.165) is 11.1 Å². The highest BCUT2D eigenvalue weighted by atomic mass is 16.3. The number of nitrogens with one attached hydrogen (secondary N) is 2. The maximum Gasteiger partial charge on any atom is 0.264 e. The van der Waals surface area contributed by atoms with Crippen LogP contribution in [0.1, 0.15) is 61.6 Å². The highest BCUT2D eigenvalue weighted by Crippen LogP contribution is 2.33. The third-order valence-corrected chi connectivity index (χ3v) is 6.49.